The van der Waals surface area contributed by atoms with Crippen molar-refractivity contribution in [3.8, 4) is 0 Å². The molecule has 2 rings (SSSR count). The molecule has 104 valence electrons. The first-order valence-corrected chi connectivity index (χ1v) is 7.45. The summed E-state index contributed by atoms with van der Waals surface area (Å²) in [5, 5.41) is 4.09. The molecule has 0 aromatic heterocycles. The smallest absolute Gasteiger partial charge is 0.185 e. The van der Waals surface area contributed by atoms with Gasteiger partial charge in [-0.25, -0.2) is 0 Å². The van der Waals surface area contributed by atoms with E-state index < -0.39 is 0 Å². The number of hydrogen-bond acceptors (Lipinski definition) is 2. The summed E-state index contributed by atoms with van der Waals surface area (Å²) in [5.41, 5.74) is 8.46. The van der Waals surface area contributed by atoms with Crippen LogP contribution in [0.1, 0.15) is 38.2 Å². The fourth-order valence-corrected chi connectivity index (χ4v) is 2.79. The van der Waals surface area contributed by atoms with Gasteiger partial charge in [-0.15, -0.1) is 0 Å². The zero-order chi connectivity index (χ0) is 13.7. The molecule has 1 aromatic rings. The highest BCUT2D eigenvalue weighted by atomic mass is 32.1. The maximum absolute atomic E-state index is 5.34. The van der Waals surface area contributed by atoms with Gasteiger partial charge in [0.15, 0.2) is 5.11 Å². The maximum atomic E-state index is 5.34. The average molecular weight is 277 g/mol. The van der Waals surface area contributed by atoms with Crippen molar-refractivity contribution in [1.29, 1.82) is 0 Å². The van der Waals surface area contributed by atoms with Crippen molar-refractivity contribution in [3.63, 3.8) is 0 Å². The van der Waals surface area contributed by atoms with Crippen LogP contribution < -0.4 is 16.2 Å². The van der Waals surface area contributed by atoms with Gasteiger partial charge in [0.1, 0.15) is 0 Å². The first-order chi connectivity index (χ1) is 9.15. The number of hydrazine groups is 1. The van der Waals surface area contributed by atoms with Crippen LogP contribution in [0.5, 0.6) is 0 Å². The maximum Gasteiger partial charge on any atom is 0.185 e. The van der Waals surface area contributed by atoms with Gasteiger partial charge in [0.2, 0.25) is 0 Å². The molecule has 1 fully saturated rings. The van der Waals surface area contributed by atoms with Crippen LogP contribution in [0.15, 0.2) is 24.3 Å². The van der Waals surface area contributed by atoms with Crippen LogP contribution in [0.4, 0.5) is 5.69 Å². The Balaban J connectivity index is 1.78. The van der Waals surface area contributed by atoms with Crippen molar-refractivity contribution in [1.82, 2.24) is 10.7 Å². The summed E-state index contributed by atoms with van der Waals surface area (Å²) in [6.45, 7) is 4.37. The van der Waals surface area contributed by atoms with Crippen LogP contribution in [-0.2, 0) is 0 Å². The monoisotopic (exact) mass is 277 g/mol. The van der Waals surface area contributed by atoms with E-state index in [2.05, 4.69) is 42.1 Å². The molecule has 1 saturated carbocycles. The van der Waals surface area contributed by atoms with Gasteiger partial charge in [0.25, 0.3) is 0 Å². The summed E-state index contributed by atoms with van der Waals surface area (Å²) in [4.78, 5) is 0. The highest BCUT2D eigenvalue weighted by molar-refractivity contribution is 7.80. The van der Waals surface area contributed by atoms with Gasteiger partial charge >= 0.3 is 0 Å². The van der Waals surface area contributed by atoms with E-state index in [0.717, 1.165) is 5.69 Å². The topological polar surface area (TPSA) is 36.1 Å². The van der Waals surface area contributed by atoms with Crippen LogP contribution >= 0.6 is 12.2 Å². The van der Waals surface area contributed by atoms with Gasteiger partial charge in [0.05, 0.1) is 5.69 Å². The Hall–Kier alpha value is -1.29. The molecule has 0 amide bonds. The molecule has 0 saturated heterocycles. The number of anilines is 1. The summed E-state index contributed by atoms with van der Waals surface area (Å²) >= 11 is 5.34. The SMILES string of the molecule is Cc1cccc(NNC(=S)N[C@@H]2CCCC[C@@H]2C)c1. The Morgan fingerprint density at radius 1 is 1.26 bits per heavy atom. The number of benzene rings is 1. The molecule has 0 radical (unpaired) electrons. The van der Waals surface area contributed by atoms with E-state index in [0.29, 0.717) is 17.1 Å². The van der Waals surface area contributed by atoms with E-state index in [4.69, 9.17) is 12.2 Å². The number of thiocarbonyl (C=S) groups is 1. The first kappa shape index (κ1) is 14.1. The van der Waals surface area contributed by atoms with Crippen molar-refractivity contribution in [3.05, 3.63) is 29.8 Å². The molecule has 19 heavy (non-hydrogen) atoms. The lowest BCUT2D eigenvalue weighted by Crippen LogP contribution is -2.47. The summed E-state index contributed by atoms with van der Waals surface area (Å²) in [7, 11) is 0. The van der Waals surface area contributed by atoms with Crippen LogP contribution in [0.2, 0.25) is 0 Å². The Labute approximate surface area is 121 Å². The second-order valence-electron chi connectivity index (χ2n) is 5.46. The third kappa shape index (κ3) is 4.39. The van der Waals surface area contributed by atoms with E-state index in [-0.39, 0.29) is 0 Å². The molecule has 1 aromatic carbocycles. The minimum atomic E-state index is 0.507. The molecule has 4 heteroatoms. The molecule has 3 N–H and O–H groups in total. The second kappa shape index (κ2) is 6.75. The largest absolute Gasteiger partial charge is 0.358 e. The van der Waals surface area contributed by atoms with E-state index >= 15 is 0 Å². The Morgan fingerprint density at radius 2 is 2.05 bits per heavy atom. The zero-order valence-electron chi connectivity index (χ0n) is 11.7. The van der Waals surface area contributed by atoms with Crippen molar-refractivity contribution >= 4 is 23.0 Å². The molecule has 0 heterocycles. The minimum Gasteiger partial charge on any atom is -0.358 e. The Bertz CT molecular complexity index is 433. The lowest BCUT2D eigenvalue weighted by atomic mass is 9.86. The molecule has 2 atom stereocenters. The number of aryl methyl sites for hydroxylation is 1. The highest BCUT2D eigenvalue weighted by Gasteiger charge is 2.21. The molecule has 1 aliphatic carbocycles. The fraction of sp³-hybridized carbons (Fsp3) is 0.533. The van der Waals surface area contributed by atoms with Crippen molar-refractivity contribution < 1.29 is 0 Å². The lowest BCUT2D eigenvalue weighted by molar-refractivity contribution is 0.308. The van der Waals surface area contributed by atoms with Gasteiger partial charge in [0, 0.05) is 6.04 Å². The number of rotatable bonds is 3. The summed E-state index contributed by atoms with van der Waals surface area (Å²) in [5.74, 6) is 0.701. The fourth-order valence-electron chi connectivity index (χ4n) is 2.59. The summed E-state index contributed by atoms with van der Waals surface area (Å²) in [6.07, 6.45) is 5.16. The Kier molecular flexibility index (Phi) is 5.02. The normalized spacial score (nSPS) is 22.6. The van der Waals surface area contributed by atoms with Gasteiger partial charge in [-0.3, -0.25) is 10.9 Å². The predicted octanol–water partition coefficient (Wildman–Crippen LogP) is 3.36. The van der Waals surface area contributed by atoms with Gasteiger partial charge in [-0.1, -0.05) is 31.9 Å². The molecule has 0 spiro atoms. The third-order valence-electron chi connectivity index (χ3n) is 3.77. The van der Waals surface area contributed by atoms with Gasteiger partial charge in [-0.05, 0) is 55.6 Å². The molecular formula is C15H23N3S. The quantitative estimate of drug-likeness (QED) is 0.585. The van der Waals surface area contributed by atoms with Crippen molar-refractivity contribution in [2.75, 3.05) is 5.43 Å². The van der Waals surface area contributed by atoms with Crippen LogP contribution in [0.3, 0.4) is 0 Å². The van der Waals surface area contributed by atoms with Crippen molar-refractivity contribution in [2.24, 2.45) is 5.92 Å². The summed E-state index contributed by atoms with van der Waals surface area (Å²) < 4.78 is 0. The minimum absolute atomic E-state index is 0.507. The molecule has 0 bridgehead atoms. The summed E-state index contributed by atoms with van der Waals surface area (Å²) in [6, 6.07) is 8.71. The van der Waals surface area contributed by atoms with E-state index in [1.54, 1.807) is 0 Å². The third-order valence-corrected chi connectivity index (χ3v) is 3.99. The van der Waals surface area contributed by atoms with Crippen LogP contribution in [-0.4, -0.2) is 11.2 Å². The Morgan fingerprint density at radius 3 is 2.79 bits per heavy atom. The van der Waals surface area contributed by atoms with Crippen LogP contribution in [0, 0.1) is 12.8 Å². The average Bonchev–Trinajstić information content (AvgIpc) is 2.39. The highest BCUT2D eigenvalue weighted by Crippen LogP contribution is 2.23. The van der Waals surface area contributed by atoms with Gasteiger partial charge in [-0.2, -0.15) is 0 Å². The number of hydrogen-bond donors (Lipinski definition) is 3. The first-order valence-electron chi connectivity index (χ1n) is 7.04. The second-order valence-corrected chi connectivity index (χ2v) is 5.87. The molecule has 0 unspecified atom stereocenters. The molecular weight excluding hydrogens is 254 g/mol. The van der Waals surface area contributed by atoms with Crippen LogP contribution in [0.25, 0.3) is 0 Å². The number of nitrogens with one attached hydrogen (secondary N) is 3. The predicted molar refractivity (Wildman–Crippen MR) is 85.1 cm³/mol. The van der Waals surface area contributed by atoms with E-state index in [1.807, 2.05) is 12.1 Å². The zero-order valence-corrected chi connectivity index (χ0v) is 12.5. The van der Waals surface area contributed by atoms with Gasteiger partial charge < -0.3 is 5.32 Å². The standard InChI is InChI=1S/C15H23N3S/c1-11-6-5-8-13(10-11)17-18-15(19)16-14-9-4-3-7-12(14)2/h5-6,8,10,12,14,17H,3-4,7,9H2,1-2H3,(H2,16,18,19)/t12-,14+/m0/s1. The van der Waals surface area contributed by atoms with Crippen molar-refractivity contribution in [2.45, 2.75) is 45.6 Å². The van der Waals surface area contributed by atoms with E-state index in [1.165, 1.54) is 31.2 Å². The molecule has 3 nitrogen and oxygen atoms in total. The molecule has 0 aliphatic heterocycles. The lowest BCUT2D eigenvalue weighted by Gasteiger charge is -2.30. The molecule has 1 aliphatic rings. The van der Waals surface area contributed by atoms with E-state index in [9.17, 15) is 0 Å².